The zero-order valence-electron chi connectivity index (χ0n) is 8.48. The zero-order valence-corrected chi connectivity index (χ0v) is 10.1. The molecule has 0 amide bonds. The summed E-state index contributed by atoms with van der Waals surface area (Å²) in [6, 6.07) is 5.81. The van der Waals surface area contributed by atoms with E-state index in [1.807, 2.05) is 30.5 Å². The van der Waals surface area contributed by atoms with E-state index in [0.717, 1.165) is 10.4 Å². The fourth-order valence-electron chi connectivity index (χ4n) is 1.39. The molecule has 2 heterocycles. The minimum Gasteiger partial charge on any atom is -0.438 e. The van der Waals surface area contributed by atoms with Crippen LogP contribution in [-0.4, -0.2) is 0 Å². The van der Waals surface area contributed by atoms with Crippen LogP contribution < -0.4 is 5.73 Å². The molecule has 80 valence electrons. The van der Waals surface area contributed by atoms with Crippen molar-refractivity contribution in [3.05, 3.63) is 33.1 Å². The lowest BCUT2D eigenvalue weighted by atomic mass is 10.1. The van der Waals surface area contributed by atoms with Crippen LogP contribution in [0.4, 0.5) is 5.88 Å². The topological polar surface area (TPSA) is 62.9 Å². The number of nitrogens with zero attached hydrogens (tertiary/aromatic N) is 1. The summed E-state index contributed by atoms with van der Waals surface area (Å²) in [5.74, 6) is 0.734. The Labute approximate surface area is 102 Å². The van der Waals surface area contributed by atoms with Crippen LogP contribution >= 0.6 is 23.6 Å². The second-order valence-corrected chi connectivity index (χ2v) is 4.57. The maximum Gasteiger partial charge on any atom is 0.210 e. The van der Waals surface area contributed by atoms with Gasteiger partial charge in [0.1, 0.15) is 11.6 Å². The molecule has 0 saturated heterocycles. The predicted molar refractivity (Wildman–Crippen MR) is 66.7 cm³/mol. The van der Waals surface area contributed by atoms with Crippen LogP contribution in [0.1, 0.15) is 11.1 Å². The van der Waals surface area contributed by atoms with Crippen LogP contribution in [0, 0.1) is 22.8 Å². The number of nitriles is 1. The van der Waals surface area contributed by atoms with E-state index in [-0.39, 0.29) is 11.4 Å². The van der Waals surface area contributed by atoms with E-state index in [1.165, 1.54) is 0 Å². The predicted octanol–water partition coefficient (Wildman–Crippen LogP) is 3.50. The molecule has 0 aliphatic heterocycles. The van der Waals surface area contributed by atoms with E-state index in [1.54, 1.807) is 11.3 Å². The standard InChI is InChI=1S/C11H8N2OS2/c1-6-9(8-3-2-4-16-8)14-11(13)7(5-12)10(6)15/h2-4H,13H2,1H3. The van der Waals surface area contributed by atoms with Crippen molar-refractivity contribution in [1.82, 2.24) is 0 Å². The van der Waals surface area contributed by atoms with Gasteiger partial charge in [0.15, 0.2) is 5.76 Å². The van der Waals surface area contributed by atoms with Crippen LogP contribution in [0.2, 0.25) is 0 Å². The second-order valence-electron chi connectivity index (χ2n) is 3.21. The summed E-state index contributed by atoms with van der Waals surface area (Å²) in [5.41, 5.74) is 6.68. The first-order chi connectivity index (χ1) is 7.65. The van der Waals surface area contributed by atoms with Crippen LogP contribution in [0.5, 0.6) is 0 Å². The maximum absolute atomic E-state index is 8.89. The Morgan fingerprint density at radius 3 is 2.88 bits per heavy atom. The monoisotopic (exact) mass is 248 g/mol. The third kappa shape index (κ3) is 1.62. The summed E-state index contributed by atoms with van der Waals surface area (Å²) in [4.78, 5) is 0.958. The lowest BCUT2D eigenvalue weighted by molar-refractivity contribution is 0.582. The van der Waals surface area contributed by atoms with E-state index in [0.29, 0.717) is 10.3 Å². The highest BCUT2D eigenvalue weighted by atomic mass is 32.1. The number of hydrogen-bond donors (Lipinski definition) is 1. The molecule has 2 rings (SSSR count). The molecule has 0 aliphatic rings. The maximum atomic E-state index is 8.89. The van der Waals surface area contributed by atoms with Crippen LogP contribution in [0.25, 0.3) is 10.6 Å². The normalized spacial score (nSPS) is 10.0. The third-order valence-electron chi connectivity index (χ3n) is 2.22. The van der Waals surface area contributed by atoms with Crippen LogP contribution in [0.3, 0.4) is 0 Å². The average molecular weight is 248 g/mol. The summed E-state index contributed by atoms with van der Waals surface area (Å²) in [7, 11) is 0. The Hall–Kier alpha value is -1.64. The van der Waals surface area contributed by atoms with E-state index < -0.39 is 0 Å². The minimum atomic E-state index is 0.0847. The van der Waals surface area contributed by atoms with Gasteiger partial charge in [0.05, 0.1) is 9.39 Å². The Kier molecular flexibility index (Phi) is 2.77. The SMILES string of the molecule is Cc1c(-c2cccs2)oc(N)c(C#N)c1=S. The zero-order chi connectivity index (χ0) is 11.7. The molecule has 2 N–H and O–H groups in total. The van der Waals surface area contributed by atoms with Gasteiger partial charge in [-0.2, -0.15) is 5.26 Å². The first kappa shape index (κ1) is 10.9. The van der Waals surface area contributed by atoms with Crippen LogP contribution in [-0.2, 0) is 0 Å². The van der Waals surface area contributed by atoms with Crippen molar-refractivity contribution < 1.29 is 4.42 Å². The van der Waals surface area contributed by atoms with Crippen molar-refractivity contribution in [2.75, 3.05) is 5.73 Å². The molecule has 16 heavy (non-hydrogen) atoms. The van der Waals surface area contributed by atoms with Gasteiger partial charge in [0, 0.05) is 5.56 Å². The Morgan fingerprint density at radius 2 is 2.31 bits per heavy atom. The number of thiophene rings is 1. The molecule has 0 fully saturated rings. The molecule has 5 heteroatoms. The molecular formula is C11H8N2OS2. The van der Waals surface area contributed by atoms with Gasteiger partial charge >= 0.3 is 0 Å². The number of nitrogen functional groups attached to an aromatic ring is 1. The van der Waals surface area contributed by atoms with E-state index in [2.05, 4.69) is 0 Å². The molecule has 0 saturated carbocycles. The van der Waals surface area contributed by atoms with Crippen molar-refractivity contribution in [2.45, 2.75) is 6.92 Å². The molecular weight excluding hydrogens is 240 g/mol. The van der Waals surface area contributed by atoms with Gasteiger partial charge in [-0.15, -0.1) is 11.3 Å². The molecule has 0 atom stereocenters. The van der Waals surface area contributed by atoms with Crippen molar-refractivity contribution in [3.8, 4) is 16.7 Å². The van der Waals surface area contributed by atoms with E-state index in [9.17, 15) is 0 Å². The lowest BCUT2D eigenvalue weighted by Gasteiger charge is -2.05. The fourth-order valence-corrected chi connectivity index (χ4v) is 2.39. The van der Waals surface area contributed by atoms with Gasteiger partial charge in [0.2, 0.25) is 5.88 Å². The first-order valence-corrected chi connectivity index (χ1v) is 5.81. The molecule has 0 spiro atoms. The molecule has 0 radical (unpaired) electrons. The third-order valence-corrected chi connectivity index (χ3v) is 3.60. The summed E-state index contributed by atoms with van der Waals surface area (Å²) in [6.07, 6.45) is 0. The van der Waals surface area contributed by atoms with Gasteiger partial charge in [-0.1, -0.05) is 18.3 Å². The van der Waals surface area contributed by atoms with Crippen molar-refractivity contribution in [2.24, 2.45) is 0 Å². The van der Waals surface area contributed by atoms with Gasteiger partial charge in [0.25, 0.3) is 0 Å². The Balaban J connectivity index is 2.77. The summed E-state index contributed by atoms with van der Waals surface area (Å²) < 4.78 is 5.92. The number of anilines is 1. The summed E-state index contributed by atoms with van der Waals surface area (Å²) >= 11 is 6.73. The quantitative estimate of drug-likeness (QED) is 0.784. The summed E-state index contributed by atoms with van der Waals surface area (Å²) in [6.45, 7) is 1.83. The first-order valence-electron chi connectivity index (χ1n) is 4.52. The lowest BCUT2D eigenvalue weighted by Crippen LogP contribution is -1.95. The number of rotatable bonds is 1. The van der Waals surface area contributed by atoms with Gasteiger partial charge in [-0.25, -0.2) is 0 Å². The minimum absolute atomic E-state index is 0.0847. The number of hydrogen-bond acceptors (Lipinski definition) is 5. The Bertz CT molecular complexity index is 621. The van der Waals surface area contributed by atoms with Crippen molar-refractivity contribution in [1.29, 1.82) is 5.26 Å². The highest BCUT2D eigenvalue weighted by molar-refractivity contribution is 7.71. The number of nitrogens with two attached hydrogens (primary N) is 1. The Morgan fingerprint density at radius 1 is 1.56 bits per heavy atom. The van der Waals surface area contributed by atoms with Crippen molar-refractivity contribution >= 4 is 29.4 Å². The highest BCUT2D eigenvalue weighted by Crippen LogP contribution is 2.32. The molecule has 3 nitrogen and oxygen atoms in total. The highest BCUT2D eigenvalue weighted by Gasteiger charge is 2.13. The fraction of sp³-hybridized carbons (Fsp3) is 0.0909. The van der Waals surface area contributed by atoms with Crippen molar-refractivity contribution in [3.63, 3.8) is 0 Å². The summed E-state index contributed by atoms with van der Waals surface area (Å²) in [5, 5.41) is 10.8. The van der Waals surface area contributed by atoms with E-state index in [4.69, 9.17) is 27.6 Å². The molecule has 0 unspecified atom stereocenters. The largest absolute Gasteiger partial charge is 0.438 e. The van der Waals surface area contributed by atoms with Gasteiger partial charge in [-0.05, 0) is 18.4 Å². The average Bonchev–Trinajstić information content (AvgIpc) is 2.77. The molecule has 0 aromatic carbocycles. The van der Waals surface area contributed by atoms with Crippen LogP contribution in [0.15, 0.2) is 21.9 Å². The van der Waals surface area contributed by atoms with E-state index >= 15 is 0 Å². The molecule has 0 bridgehead atoms. The molecule has 2 aromatic rings. The van der Waals surface area contributed by atoms with Gasteiger partial charge < -0.3 is 10.2 Å². The van der Waals surface area contributed by atoms with Gasteiger partial charge in [-0.3, -0.25) is 0 Å². The molecule has 2 aromatic heterocycles. The molecule has 0 aliphatic carbocycles. The smallest absolute Gasteiger partial charge is 0.210 e. The second kappa shape index (κ2) is 4.08.